The Kier molecular flexibility index (Phi) is 3.33. The molecular formula is C15H21NO2. The van der Waals surface area contributed by atoms with Gasteiger partial charge in [-0.1, -0.05) is 26.0 Å². The smallest absolute Gasteiger partial charge is 0.303 e. The molecule has 0 saturated carbocycles. The van der Waals surface area contributed by atoms with E-state index in [1.165, 1.54) is 16.8 Å². The summed E-state index contributed by atoms with van der Waals surface area (Å²) in [5, 5.41) is 8.91. The van der Waals surface area contributed by atoms with Crippen molar-refractivity contribution < 1.29 is 9.90 Å². The Morgan fingerprint density at radius 3 is 2.83 bits per heavy atom. The normalized spacial score (nSPS) is 14.7. The Balaban J connectivity index is 2.14. The lowest BCUT2D eigenvalue weighted by molar-refractivity contribution is -0.139. The highest BCUT2D eigenvalue weighted by Crippen LogP contribution is 2.31. The quantitative estimate of drug-likeness (QED) is 0.889. The van der Waals surface area contributed by atoms with Crippen LogP contribution in [0.4, 0.5) is 5.69 Å². The minimum Gasteiger partial charge on any atom is -0.481 e. The molecule has 1 aliphatic heterocycles. The van der Waals surface area contributed by atoms with Gasteiger partial charge in [-0.25, -0.2) is 0 Å². The van der Waals surface area contributed by atoms with Crippen LogP contribution in [0.5, 0.6) is 0 Å². The molecule has 0 spiro atoms. The number of benzene rings is 1. The van der Waals surface area contributed by atoms with Gasteiger partial charge in [0.15, 0.2) is 0 Å². The van der Waals surface area contributed by atoms with Crippen molar-refractivity contribution >= 4 is 11.7 Å². The first-order valence-electron chi connectivity index (χ1n) is 6.42. The van der Waals surface area contributed by atoms with E-state index in [1.807, 2.05) is 13.8 Å². The van der Waals surface area contributed by atoms with E-state index in [2.05, 4.69) is 30.1 Å². The first-order chi connectivity index (χ1) is 8.37. The second-order valence-electron chi connectivity index (χ2n) is 6.05. The molecule has 1 aromatic rings. The Morgan fingerprint density at radius 2 is 2.17 bits per heavy atom. The number of fused-ring (bicyclic) bond motifs is 1. The zero-order chi connectivity index (χ0) is 13.3. The maximum Gasteiger partial charge on any atom is 0.303 e. The zero-order valence-corrected chi connectivity index (χ0v) is 11.4. The molecule has 0 aromatic heterocycles. The van der Waals surface area contributed by atoms with Crippen molar-refractivity contribution in [2.45, 2.75) is 33.1 Å². The van der Waals surface area contributed by atoms with Gasteiger partial charge >= 0.3 is 5.97 Å². The average molecular weight is 247 g/mol. The summed E-state index contributed by atoms with van der Waals surface area (Å²) in [7, 11) is 2.11. The maximum absolute atomic E-state index is 10.8. The number of carboxylic acid groups (broad SMARTS) is 1. The van der Waals surface area contributed by atoms with Gasteiger partial charge in [0.2, 0.25) is 0 Å². The van der Waals surface area contributed by atoms with E-state index in [0.717, 1.165) is 19.4 Å². The Hall–Kier alpha value is -1.51. The molecule has 1 N–H and O–H groups in total. The number of hydrogen-bond donors (Lipinski definition) is 1. The lowest BCUT2D eigenvalue weighted by Gasteiger charge is -2.23. The molecule has 0 aliphatic carbocycles. The Morgan fingerprint density at radius 1 is 1.44 bits per heavy atom. The fourth-order valence-electron chi connectivity index (χ4n) is 2.75. The highest BCUT2D eigenvalue weighted by molar-refractivity contribution is 5.67. The van der Waals surface area contributed by atoms with Crippen LogP contribution in [-0.2, 0) is 17.6 Å². The summed E-state index contributed by atoms with van der Waals surface area (Å²) in [6, 6.07) is 6.53. The molecule has 0 saturated heterocycles. The summed E-state index contributed by atoms with van der Waals surface area (Å²) in [4.78, 5) is 13.1. The summed E-state index contributed by atoms with van der Waals surface area (Å²) in [5.41, 5.74) is 3.76. The maximum atomic E-state index is 10.8. The van der Waals surface area contributed by atoms with Crippen molar-refractivity contribution in [2.75, 3.05) is 18.5 Å². The second-order valence-corrected chi connectivity index (χ2v) is 6.05. The number of aliphatic carboxylic acids is 1. The van der Waals surface area contributed by atoms with E-state index in [1.54, 1.807) is 0 Å². The van der Waals surface area contributed by atoms with Gasteiger partial charge in [-0.15, -0.1) is 0 Å². The number of carboxylic acids is 1. The van der Waals surface area contributed by atoms with E-state index in [9.17, 15) is 4.79 Å². The molecule has 0 fully saturated rings. The van der Waals surface area contributed by atoms with E-state index >= 15 is 0 Å². The Labute approximate surface area is 108 Å². The molecule has 0 unspecified atom stereocenters. The zero-order valence-electron chi connectivity index (χ0n) is 11.4. The van der Waals surface area contributed by atoms with Crippen molar-refractivity contribution in [3.05, 3.63) is 29.3 Å². The molecule has 98 valence electrons. The van der Waals surface area contributed by atoms with Crippen molar-refractivity contribution in [1.82, 2.24) is 0 Å². The van der Waals surface area contributed by atoms with Crippen LogP contribution in [-0.4, -0.2) is 24.7 Å². The third-order valence-electron chi connectivity index (χ3n) is 3.58. The largest absolute Gasteiger partial charge is 0.481 e. The fraction of sp³-hybridized carbons (Fsp3) is 0.533. The van der Waals surface area contributed by atoms with Gasteiger partial charge in [0.05, 0.1) is 6.42 Å². The highest BCUT2D eigenvalue weighted by atomic mass is 16.4. The second kappa shape index (κ2) is 4.63. The molecule has 0 atom stereocenters. The van der Waals surface area contributed by atoms with Crippen LogP contribution in [0.3, 0.4) is 0 Å². The summed E-state index contributed by atoms with van der Waals surface area (Å²) in [6.07, 6.45) is 2.12. The fourth-order valence-corrected chi connectivity index (χ4v) is 2.75. The van der Waals surface area contributed by atoms with Crippen LogP contribution < -0.4 is 4.90 Å². The van der Waals surface area contributed by atoms with Crippen molar-refractivity contribution in [3.8, 4) is 0 Å². The molecule has 1 heterocycles. The summed E-state index contributed by atoms with van der Waals surface area (Å²) < 4.78 is 0. The van der Waals surface area contributed by atoms with E-state index in [4.69, 9.17) is 5.11 Å². The predicted octanol–water partition coefficient (Wildman–Crippen LogP) is 2.72. The minimum atomic E-state index is -0.721. The number of nitrogens with zero attached hydrogens (tertiary/aromatic N) is 1. The van der Waals surface area contributed by atoms with Gasteiger partial charge in [0, 0.05) is 19.3 Å². The lowest BCUT2D eigenvalue weighted by atomic mass is 9.82. The van der Waals surface area contributed by atoms with Gasteiger partial charge in [0.1, 0.15) is 0 Å². The molecule has 3 heteroatoms. The lowest BCUT2D eigenvalue weighted by Crippen LogP contribution is -2.19. The number of likely N-dealkylation sites (N-methyl/N-ethyl adjacent to an activating group) is 1. The van der Waals surface area contributed by atoms with Crippen LogP contribution in [0.2, 0.25) is 0 Å². The monoisotopic (exact) mass is 247 g/mol. The standard InChI is InChI=1S/C15H21NO2/c1-15(2,10-14(17)18)9-11-4-5-13-12(8-11)6-7-16(13)3/h4-5,8H,6-7,9-10H2,1-3H3,(H,17,18). The molecular weight excluding hydrogens is 226 g/mol. The Bertz CT molecular complexity index is 466. The molecule has 0 amide bonds. The van der Waals surface area contributed by atoms with Crippen LogP contribution in [0.25, 0.3) is 0 Å². The summed E-state index contributed by atoms with van der Waals surface area (Å²) in [5.74, 6) is -0.721. The molecule has 3 nitrogen and oxygen atoms in total. The van der Waals surface area contributed by atoms with Gasteiger partial charge in [-0.2, -0.15) is 0 Å². The topological polar surface area (TPSA) is 40.5 Å². The highest BCUT2D eigenvalue weighted by Gasteiger charge is 2.23. The molecule has 2 rings (SSSR count). The van der Waals surface area contributed by atoms with Crippen molar-refractivity contribution in [1.29, 1.82) is 0 Å². The molecule has 1 aromatic carbocycles. The van der Waals surface area contributed by atoms with Crippen LogP contribution >= 0.6 is 0 Å². The molecule has 0 bridgehead atoms. The first-order valence-corrected chi connectivity index (χ1v) is 6.42. The average Bonchev–Trinajstić information content (AvgIpc) is 2.57. The van der Waals surface area contributed by atoms with E-state index < -0.39 is 5.97 Å². The minimum absolute atomic E-state index is 0.190. The van der Waals surface area contributed by atoms with Crippen LogP contribution in [0, 0.1) is 5.41 Å². The number of hydrogen-bond acceptors (Lipinski definition) is 2. The molecule has 1 aliphatic rings. The van der Waals surface area contributed by atoms with Crippen LogP contribution in [0.15, 0.2) is 18.2 Å². The van der Waals surface area contributed by atoms with E-state index in [-0.39, 0.29) is 11.8 Å². The molecule has 0 radical (unpaired) electrons. The first kappa shape index (κ1) is 12.9. The van der Waals surface area contributed by atoms with Gasteiger partial charge in [-0.05, 0) is 35.4 Å². The number of carbonyl (C=O) groups is 1. The third kappa shape index (κ3) is 2.84. The van der Waals surface area contributed by atoms with Crippen molar-refractivity contribution in [2.24, 2.45) is 5.41 Å². The van der Waals surface area contributed by atoms with Crippen LogP contribution in [0.1, 0.15) is 31.4 Å². The number of anilines is 1. The van der Waals surface area contributed by atoms with E-state index in [0.29, 0.717) is 0 Å². The van der Waals surface area contributed by atoms with Gasteiger partial charge in [-0.3, -0.25) is 4.79 Å². The SMILES string of the molecule is CN1CCc2cc(CC(C)(C)CC(=O)O)ccc21. The van der Waals surface area contributed by atoms with Crippen molar-refractivity contribution in [3.63, 3.8) is 0 Å². The third-order valence-corrected chi connectivity index (χ3v) is 3.58. The summed E-state index contributed by atoms with van der Waals surface area (Å²) in [6.45, 7) is 5.11. The number of rotatable bonds is 4. The molecule has 18 heavy (non-hydrogen) atoms. The van der Waals surface area contributed by atoms with Gasteiger partial charge in [0.25, 0.3) is 0 Å². The predicted molar refractivity (Wildman–Crippen MR) is 73.2 cm³/mol. The van der Waals surface area contributed by atoms with Gasteiger partial charge < -0.3 is 10.0 Å². The summed E-state index contributed by atoms with van der Waals surface area (Å²) >= 11 is 0.